The van der Waals surface area contributed by atoms with Crippen LogP contribution >= 0.6 is 0 Å². The van der Waals surface area contributed by atoms with Crippen molar-refractivity contribution in [2.24, 2.45) is 0 Å². The highest BCUT2D eigenvalue weighted by atomic mass is 19.1. The summed E-state index contributed by atoms with van der Waals surface area (Å²) in [6.07, 6.45) is 0. The van der Waals surface area contributed by atoms with Crippen molar-refractivity contribution in [3.63, 3.8) is 0 Å². The Hall–Kier alpha value is -1.97. The largest absolute Gasteiger partial charge is 0.382 e. The molecule has 0 saturated heterocycles. The van der Waals surface area contributed by atoms with Crippen LogP contribution in [0.4, 0.5) is 10.2 Å². The van der Waals surface area contributed by atoms with E-state index < -0.39 is 0 Å². The van der Waals surface area contributed by atoms with Gasteiger partial charge in [-0.2, -0.15) is 0 Å². The van der Waals surface area contributed by atoms with Crippen LogP contribution < -0.4 is 5.73 Å². The van der Waals surface area contributed by atoms with Gasteiger partial charge in [-0.05, 0) is 42.8 Å². The first kappa shape index (κ1) is 9.58. The smallest absolute Gasteiger partial charge is 0.146 e. The molecule has 2 aromatic rings. The number of hydrogen-bond acceptors (Lipinski definition) is 3. The van der Waals surface area contributed by atoms with Gasteiger partial charge in [0.15, 0.2) is 0 Å². The Bertz CT molecular complexity index is 459. The lowest BCUT2D eigenvalue weighted by Gasteiger charge is -2.02. The maximum absolute atomic E-state index is 13.1. The van der Waals surface area contributed by atoms with Gasteiger partial charge >= 0.3 is 0 Å². The van der Waals surface area contributed by atoms with Gasteiger partial charge in [-0.15, -0.1) is 10.2 Å². The Morgan fingerprint density at radius 2 is 1.93 bits per heavy atom. The van der Waals surface area contributed by atoms with Crippen LogP contribution in [0.1, 0.15) is 5.56 Å². The molecular formula is C11H10FN3. The molecule has 0 aliphatic rings. The number of anilines is 1. The van der Waals surface area contributed by atoms with Crippen molar-refractivity contribution in [2.75, 3.05) is 5.73 Å². The molecule has 0 fully saturated rings. The normalized spacial score (nSPS) is 10.3. The minimum absolute atomic E-state index is 0.274. The molecule has 76 valence electrons. The summed E-state index contributed by atoms with van der Waals surface area (Å²) >= 11 is 0. The number of benzene rings is 1. The monoisotopic (exact) mass is 203 g/mol. The standard InChI is InChI=1S/C11H10FN3/c1-7-4-8(6-9(12)5-7)10-2-3-11(13)15-14-10/h2-6H,1H3,(H2,13,15). The number of halogens is 1. The van der Waals surface area contributed by atoms with Crippen molar-refractivity contribution in [1.29, 1.82) is 0 Å². The van der Waals surface area contributed by atoms with Gasteiger partial charge in [0.2, 0.25) is 0 Å². The quantitative estimate of drug-likeness (QED) is 0.772. The van der Waals surface area contributed by atoms with E-state index in [0.29, 0.717) is 17.1 Å². The maximum atomic E-state index is 13.1. The lowest BCUT2D eigenvalue weighted by Crippen LogP contribution is -1.94. The van der Waals surface area contributed by atoms with E-state index in [1.54, 1.807) is 12.1 Å². The second-order valence-electron chi connectivity index (χ2n) is 3.36. The van der Waals surface area contributed by atoms with Crippen LogP contribution in [-0.2, 0) is 0 Å². The van der Waals surface area contributed by atoms with E-state index in [1.807, 2.05) is 13.0 Å². The van der Waals surface area contributed by atoms with Crippen LogP contribution in [-0.4, -0.2) is 10.2 Å². The average Bonchev–Trinajstić information content (AvgIpc) is 2.17. The summed E-state index contributed by atoms with van der Waals surface area (Å²) in [7, 11) is 0. The Labute approximate surface area is 86.8 Å². The third-order valence-corrected chi connectivity index (χ3v) is 2.02. The molecule has 2 rings (SSSR count). The van der Waals surface area contributed by atoms with E-state index in [1.165, 1.54) is 12.1 Å². The van der Waals surface area contributed by atoms with Gasteiger partial charge in [-0.3, -0.25) is 0 Å². The predicted molar refractivity (Wildman–Crippen MR) is 56.6 cm³/mol. The van der Waals surface area contributed by atoms with Crippen molar-refractivity contribution in [2.45, 2.75) is 6.92 Å². The first-order valence-electron chi connectivity index (χ1n) is 4.52. The van der Waals surface area contributed by atoms with Crippen LogP contribution in [0.25, 0.3) is 11.3 Å². The SMILES string of the molecule is Cc1cc(F)cc(-c2ccc(N)nn2)c1. The van der Waals surface area contributed by atoms with Crippen molar-refractivity contribution in [1.82, 2.24) is 10.2 Å². The highest BCUT2D eigenvalue weighted by Gasteiger charge is 2.02. The van der Waals surface area contributed by atoms with Gasteiger partial charge in [0.25, 0.3) is 0 Å². The fraction of sp³-hybridized carbons (Fsp3) is 0.0909. The zero-order valence-electron chi connectivity index (χ0n) is 8.24. The fourth-order valence-corrected chi connectivity index (χ4v) is 1.38. The van der Waals surface area contributed by atoms with E-state index in [-0.39, 0.29) is 5.82 Å². The number of nitrogens with two attached hydrogens (primary N) is 1. The van der Waals surface area contributed by atoms with Crippen molar-refractivity contribution < 1.29 is 4.39 Å². The Balaban J connectivity index is 2.49. The molecule has 0 atom stereocenters. The lowest BCUT2D eigenvalue weighted by molar-refractivity contribution is 0.627. The number of hydrogen-bond donors (Lipinski definition) is 1. The molecule has 0 amide bonds. The molecule has 0 radical (unpaired) electrons. The molecule has 2 N–H and O–H groups in total. The number of nitrogens with zero attached hydrogens (tertiary/aromatic N) is 2. The summed E-state index contributed by atoms with van der Waals surface area (Å²) in [5.74, 6) is 0.0792. The molecular weight excluding hydrogens is 193 g/mol. The third kappa shape index (κ3) is 2.10. The summed E-state index contributed by atoms with van der Waals surface area (Å²) in [5.41, 5.74) is 7.59. The van der Waals surface area contributed by atoms with E-state index in [0.717, 1.165) is 5.56 Å². The van der Waals surface area contributed by atoms with Crippen molar-refractivity contribution in [3.05, 3.63) is 41.7 Å². The molecule has 0 aliphatic heterocycles. The highest BCUT2D eigenvalue weighted by molar-refractivity contribution is 5.60. The Morgan fingerprint density at radius 3 is 2.53 bits per heavy atom. The highest BCUT2D eigenvalue weighted by Crippen LogP contribution is 2.19. The van der Waals surface area contributed by atoms with E-state index in [4.69, 9.17) is 5.73 Å². The molecule has 1 aromatic carbocycles. The lowest BCUT2D eigenvalue weighted by atomic mass is 10.1. The molecule has 0 aliphatic carbocycles. The first-order chi connectivity index (χ1) is 7.15. The zero-order chi connectivity index (χ0) is 10.8. The first-order valence-corrected chi connectivity index (χ1v) is 4.52. The van der Waals surface area contributed by atoms with Gasteiger partial charge in [0.1, 0.15) is 11.6 Å². The number of nitrogen functional groups attached to an aromatic ring is 1. The number of aryl methyl sites for hydroxylation is 1. The van der Waals surface area contributed by atoms with E-state index in [2.05, 4.69) is 10.2 Å². The molecule has 0 bridgehead atoms. The van der Waals surface area contributed by atoms with Gasteiger partial charge in [-0.25, -0.2) is 4.39 Å². The third-order valence-electron chi connectivity index (χ3n) is 2.02. The van der Waals surface area contributed by atoms with Gasteiger partial charge < -0.3 is 5.73 Å². The van der Waals surface area contributed by atoms with Crippen LogP contribution in [0, 0.1) is 12.7 Å². The molecule has 0 unspecified atom stereocenters. The van der Waals surface area contributed by atoms with Gasteiger partial charge in [0.05, 0.1) is 5.69 Å². The maximum Gasteiger partial charge on any atom is 0.146 e. The zero-order valence-corrected chi connectivity index (χ0v) is 8.24. The summed E-state index contributed by atoms with van der Waals surface area (Å²) in [6, 6.07) is 8.10. The molecule has 3 nitrogen and oxygen atoms in total. The minimum Gasteiger partial charge on any atom is -0.382 e. The average molecular weight is 203 g/mol. The summed E-state index contributed by atoms with van der Waals surface area (Å²) < 4.78 is 13.1. The van der Waals surface area contributed by atoms with Crippen LogP contribution in [0.15, 0.2) is 30.3 Å². The second kappa shape index (κ2) is 3.65. The molecule has 1 aromatic heterocycles. The minimum atomic E-state index is -0.274. The van der Waals surface area contributed by atoms with Crippen LogP contribution in [0.2, 0.25) is 0 Å². The fourth-order valence-electron chi connectivity index (χ4n) is 1.38. The molecule has 0 saturated carbocycles. The topological polar surface area (TPSA) is 51.8 Å². The van der Waals surface area contributed by atoms with E-state index in [9.17, 15) is 4.39 Å². The number of aromatic nitrogens is 2. The van der Waals surface area contributed by atoms with Crippen molar-refractivity contribution in [3.8, 4) is 11.3 Å². The second-order valence-corrected chi connectivity index (χ2v) is 3.36. The number of rotatable bonds is 1. The summed E-state index contributed by atoms with van der Waals surface area (Å²) in [6.45, 7) is 1.83. The summed E-state index contributed by atoms with van der Waals surface area (Å²) in [4.78, 5) is 0. The molecule has 15 heavy (non-hydrogen) atoms. The van der Waals surface area contributed by atoms with Crippen LogP contribution in [0.3, 0.4) is 0 Å². The summed E-state index contributed by atoms with van der Waals surface area (Å²) in [5, 5.41) is 7.61. The van der Waals surface area contributed by atoms with Gasteiger partial charge in [-0.1, -0.05) is 0 Å². The van der Waals surface area contributed by atoms with Gasteiger partial charge in [0, 0.05) is 5.56 Å². The molecule has 4 heteroatoms. The Morgan fingerprint density at radius 1 is 1.13 bits per heavy atom. The molecule has 0 spiro atoms. The predicted octanol–water partition coefficient (Wildman–Crippen LogP) is 2.17. The van der Waals surface area contributed by atoms with Crippen molar-refractivity contribution >= 4 is 5.82 Å². The molecule has 1 heterocycles. The van der Waals surface area contributed by atoms with E-state index >= 15 is 0 Å². The Kier molecular flexibility index (Phi) is 2.33. The van der Waals surface area contributed by atoms with Crippen LogP contribution in [0.5, 0.6) is 0 Å².